The fourth-order valence-electron chi connectivity index (χ4n) is 2.46. The lowest BCUT2D eigenvalue weighted by Gasteiger charge is -2.25. The number of hydrogen-bond donors (Lipinski definition) is 1. The Morgan fingerprint density at radius 3 is 2.55 bits per heavy atom. The van der Waals surface area contributed by atoms with Gasteiger partial charge in [-0.2, -0.15) is 0 Å². The minimum absolute atomic E-state index is 0.118. The van der Waals surface area contributed by atoms with Crippen LogP contribution in [0, 0.1) is 5.82 Å². The molecule has 0 bridgehead atoms. The van der Waals surface area contributed by atoms with Crippen molar-refractivity contribution < 1.29 is 9.18 Å². The van der Waals surface area contributed by atoms with E-state index >= 15 is 0 Å². The van der Waals surface area contributed by atoms with Crippen LogP contribution in [0.3, 0.4) is 0 Å². The number of carbonyl (C=O) groups is 1. The summed E-state index contributed by atoms with van der Waals surface area (Å²) in [7, 11) is 0. The molecule has 0 aromatic heterocycles. The minimum atomic E-state index is -0.304. The molecule has 1 amide bonds. The molecule has 1 aromatic carbocycles. The Labute approximate surface area is 127 Å². The highest BCUT2D eigenvalue weighted by Gasteiger charge is 2.21. The van der Waals surface area contributed by atoms with Crippen LogP contribution >= 0.6 is 15.9 Å². The maximum atomic E-state index is 13.2. The number of hydrogen-bond acceptors (Lipinski definition) is 2. The van der Waals surface area contributed by atoms with E-state index in [1.165, 1.54) is 18.9 Å². The van der Waals surface area contributed by atoms with Gasteiger partial charge >= 0.3 is 0 Å². The molecule has 1 aromatic rings. The Kier molecular flexibility index (Phi) is 5.40. The first-order chi connectivity index (χ1) is 9.58. The third kappa shape index (κ3) is 3.95. The van der Waals surface area contributed by atoms with Gasteiger partial charge in [-0.1, -0.05) is 12.8 Å². The van der Waals surface area contributed by atoms with Crippen LogP contribution in [-0.2, 0) is 4.79 Å². The van der Waals surface area contributed by atoms with Crippen molar-refractivity contribution in [2.45, 2.75) is 38.6 Å². The van der Waals surface area contributed by atoms with Crippen molar-refractivity contribution in [3.63, 3.8) is 0 Å². The molecular formula is C15H20BrFN2O. The average Bonchev–Trinajstić information content (AvgIpc) is 2.71. The summed E-state index contributed by atoms with van der Waals surface area (Å²) in [4.78, 5) is 14.3. The number of nitrogens with zero attached hydrogens (tertiary/aromatic N) is 1. The monoisotopic (exact) mass is 342 g/mol. The van der Waals surface area contributed by atoms with Gasteiger partial charge in [-0.25, -0.2) is 4.39 Å². The Hall–Kier alpha value is -1.10. The molecule has 2 rings (SSSR count). The molecule has 0 radical (unpaired) electrons. The zero-order valence-electron chi connectivity index (χ0n) is 11.7. The molecule has 1 heterocycles. The number of likely N-dealkylation sites (tertiary alicyclic amines) is 1. The lowest BCUT2D eigenvalue weighted by atomic mass is 10.2. The number of carbonyl (C=O) groups excluding carboxylic acids is 1. The van der Waals surface area contributed by atoms with Gasteiger partial charge in [-0.3, -0.25) is 4.79 Å². The molecule has 1 atom stereocenters. The summed E-state index contributed by atoms with van der Waals surface area (Å²) >= 11 is 3.15. The molecule has 1 unspecified atom stereocenters. The summed E-state index contributed by atoms with van der Waals surface area (Å²) < 4.78 is 13.6. The first-order valence-corrected chi connectivity index (χ1v) is 7.87. The summed E-state index contributed by atoms with van der Waals surface area (Å²) in [6.45, 7) is 3.54. The fraction of sp³-hybridized carbons (Fsp3) is 0.533. The topological polar surface area (TPSA) is 32.3 Å². The van der Waals surface area contributed by atoms with Crippen LogP contribution in [0.2, 0.25) is 0 Å². The standard InChI is InChI=1S/C15H20BrFN2O/c1-11(15(20)19-8-4-2-3-5-9-19)18-12-6-7-14(17)13(16)10-12/h6-7,10-11,18H,2-5,8-9H2,1H3. The molecule has 1 saturated heterocycles. The van der Waals surface area contributed by atoms with Crippen LogP contribution in [0.4, 0.5) is 10.1 Å². The lowest BCUT2D eigenvalue weighted by molar-refractivity contribution is -0.131. The summed E-state index contributed by atoms with van der Waals surface area (Å²) in [5, 5.41) is 3.14. The molecule has 110 valence electrons. The third-order valence-corrected chi connectivity index (χ3v) is 4.20. The van der Waals surface area contributed by atoms with Crippen molar-refractivity contribution in [3.05, 3.63) is 28.5 Å². The second-order valence-corrected chi connectivity index (χ2v) is 6.09. The van der Waals surface area contributed by atoms with Gasteiger partial charge in [0.1, 0.15) is 11.9 Å². The highest BCUT2D eigenvalue weighted by atomic mass is 79.9. The van der Waals surface area contributed by atoms with E-state index in [-0.39, 0.29) is 17.8 Å². The fourth-order valence-corrected chi connectivity index (χ4v) is 2.84. The zero-order valence-corrected chi connectivity index (χ0v) is 13.2. The predicted octanol–water partition coefficient (Wildman–Crippen LogP) is 3.79. The molecular weight excluding hydrogens is 323 g/mol. The molecule has 0 spiro atoms. The van der Waals surface area contributed by atoms with E-state index in [0.717, 1.165) is 31.6 Å². The first-order valence-electron chi connectivity index (χ1n) is 7.08. The molecule has 5 heteroatoms. The largest absolute Gasteiger partial charge is 0.374 e. The van der Waals surface area contributed by atoms with Crippen LogP contribution in [0.25, 0.3) is 0 Å². The summed E-state index contributed by atoms with van der Waals surface area (Å²) in [5.74, 6) is -0.186. The maximum absolute atomic E-state index is 13.2. The maximum Gasteiger partial charge on any atom is 0.244 e. The van der Waals surface area contributed by atoms with E-state index in [1.807, 2.05) is 11.8 Å². The molecule has 1 fully saturated rings. The number of halogens is 2. The average molecular weight is 343 g/mol. The summed E-state index contributed by atoms with van der Waals surface area (Å²) in [5.41, 5.74) is 0.744. The van der Waals surface area contributed by atoms with E-state index < -0.39 is 0 Å². The van der Waals surface area contributed by atoms with Gasteiger partial charge in [0, 0.05) is 18.8 Å². The molecule has 1 N–H and O–H groups in total. The van der Waals surface area contributed by atoms with Crippen molar-refractivity contribution >= 4 is 27.5 Å². The van der Waals surface area contributed by atoms with Crippen LogP contribution in [0.15, 0.2) is 22.7 Å². The van der Waals surface area contributed by atoms with E-state index in [4.69, 9.17) is 0 Å². The number of benzene rings is 1. The smallest absolute Gasteiger partial charge is 0.244 e. The normalized spacial score (nSPS) is 17.4. The highest BCUT2D eigenvalue weighted by Crippen LogP contribution is 2.21. The van der Waals surface area contributed by atoms with Crippen molar-refractivity contribution in [3.8, 4) is 0 Å². The molecule has 0 aliphatic carbocycles. The lowest BCUT2D eigenvalue weighted by Crippen LogP contribution is -2.41. The Balaban J connectivity index is 1.97. The quantitative estimate of drug-likeness (QED) is 0.906. The molecule has 0 saturated carbocycles. The van der Waals surface area contributed by atoms with Crippen LogP contribution < -0.4 is 5.32 Å². The van der Waals surface area contributed by atoms with Crippen LogP contribution in [-0.4, -0.2) is 29.9 Å². The SMILES string of the molecule is CC(Nc1ccc(F)c(Br)c1)C(=O)N1CCCCCC1. The number of amides is 1. The van der Waals surface area contributed by atoms with Crippen molar-refractivity contribution in [2.75, 3.05) is 18.4 Å². The zero-order chi connectivity index (χ0) is 14.5. The van der Waals surface area contributed by atoms with Gasteiger partial charge in [0.05, 0.1) is 4.47 Å². The first kappa shape index (κ1) is 15.3. The van der Waals surface area contributed by atoms with Gasteiger partial charge in [0.25, 0.3) is 0 Å². The van der Waals surface area contributed by atoms with Gasteiger partial charge in [-0.15, -0.1) is 0 Å². The number of nitrogens with one attached hydrogen (secondary N) is 1. The predicted molar refractivity (Wildman–Crippen MR) is 82.2 cm³/mol. The van der Waals surface area contributed by atoms with Gasteiger partial charge < -0.3 is 10.2 Å². The molecule has 3 nitrogen and oxygen atoms in total. The highest BCUT2D eigenvalue weighted by molar-refractivity contribution is 9.10. The molecule has 20 heavy (non-hydrogen) atoms. The Morgan fingerprint density at radius 1 is 1.30 bits per heavy atom. The van der Waals surface area contributed by atoms with Gasteiger partial charge in [0.15, 0.2) is 0 Å². The van der Waals surface area contributed by atoms with E-state index in [1.54, 1.807) is 12.1 Å². The summed E-state index contributed by atoms with van der Waals surface area (Å²) in [6.07, 6.45) is 4.58. The second-order valence-electron chi connectivity index (χ2n) is 5.23. The van der Waals surface area contributed by atoms with Gasteiger partial charge in [0.2, 0.25) is 5.91 Å². The Morgan fingerprint density at radius 2 is 1.95 bits per heavy atom. The van der Waals surface area contributed by atoms with E-state index in [9.17, 15) is 9.18 Å². The Bertz CT molecular complexity index is 473. The van der Waals surface area contributed by atoms with Crippen molar-refractivity contribution in [1.82, 2.24) is 4.90 Å². The summed E-state index contributed by atoms with van der Waals surface area (Å²) in [6, 6.07) is 4.38. The van der Waals surface area contributed by atoms with Gasteiger partial charge in [-0.05, 0) is 53.9 Å². The van der Waals surface area contributed by atoms with Crippen LogP contribution in [0.1, 0.15) is 32.6 Å². The minimum Gasteiger partial charge on any atom is -0.374 e. The van der Waals surface area contributed by atoms with E-state index in [2.05, 4.69) is 21.2 Å². The molecule has 1 aliphatic rings. The third-order valence-electron chi connectivity index (χ3n) is 3.59. The number of anilines is 1. The molecule has 1 aliphatic heterocycles. The van der Waals surface area contributed by atoms with Crippen molar-refractivity contribution in [1.29, 1.82) is 0 Å². The van der Waals surface area contributed by atoms with Crippen molar-refractivity contribution in [2.24, 2.45) is 0 Å². The van der Waals surface area contributed by atoms with E-state index in [0.29, 0.717) is 4.47 Å². The second kappa shape index (κ2) is 7.07. The van der Waals surface area contributed by atoms with Crippen LogP contribution in [0.5, 0.6) is 0 Å². The number of rotatable bonds is 3.